The minimum absolute atomic E-state index is 0.202. The van der Waals surface area contributed by atoms with Crippen LogP contribution in [0.5, 0.6) is 0 Å². The van der Waals surface area contributed by atoms with Gasteiger partial charge >= 0.3 is 0 Å². The lowest BCUT2D eigenvalue weighted by atomic mass is 10.1. The van der Waals surface area contributed by atoms with Crippen molar-refractivity contribution in [2.45, 2.75) is 26.3 Å². The van der Waals surface area contributed by atoms with Crippen molar-refractivity contribution in [2.24, 2.45) is 0 Å². The molecule has 1 aromatic carbocycles. The fraction of sp³-hybridized carbons (Fsp3) is 0.333. The Hall–Kier alpha value is -1.82. The number of aryl methyl sites for hydroxylation is 1. The summed E-state index contributed by atoms with van der Waals surface area (Å²) in [6.07, 6.45) is 0.955. The second-order valence-corrected chi connectivity index (χ2v) is 3.37. The summed E-state index contributed by atoms with van der Waals surface area (Å²) in [6, 6.07) is 8.90. The average Bonchev–Trinajstić information content (AvgIpc) is 2.29. The molecule has 0 aliphatic rings. The SMILES string of the molecule is CCc1ccc(C(=O)NC(C)C#N)cc1. The molecule has 0 spiro atoms. The number of hydrogen-bond donors (Lipinski definition) is 1. The molecule has 0 radical (unpaired) electrons. The second-order valence-electron chi connectivity index (χ2n) is 3.37. The third-order valence-corrected chi connectivity index (χ3v) is 2.17. The maximum absolute atomic E-state index is 11.6. The molecule has 0 saturated heterocycles. The molecular formula is C12H14N2O. The van der Waals surface area contributed by atoms with E-state index in [9.17, 15) is 4.79 Å². The Balaban J connectivity index is 2.71. The van der Waals surface area contributed by atoms with Crippen LogP contribution in [0.4, 0.5) is 0 Å². The highest BCUT2D eigenvalue weighted by Crippen LogP contribution is 2.05. The van der Waals surface area contributed by atoms with Gasteiger partial charge in [-0.1, -0.05) is 19.1 Å². The average molecular weight is 202 g/mol. The van der Waals surface area contributed by atoms with Crippen LogP contribution >= 0.6 is 0 Å². The highest BCUT2D eigenvalue weighted by Gasteiger charge is 2.07. The fourth-order valence-electron chi connectivity index (χ4n) is 1.20. The molecule has 0 aromatic heterocycles. The smallest absolute Gasteiger partial charge is 0.252 e. The van der Waals surface area contributed by atoms with Crippen LogP contribution in [0.25, 0.3) is 0 Å². The van der Waals surface area contributed by atoms with Gasteiger partial charge in [-0.25, -0.2) is 0 Å². The van der Waals surface area contributed by atoms with Gasteiger partial charge < -0.3 is 5.32 Å². The van der Waals surface area contributed by atoms with Gasteiger partial charge in [0, 0.05) is 5.56 Å². The van der Waals surface area contributed by atoms with Crippen LogP contribution in [0.1, 0.15) is 29.8 Å². The largest absolute Gasteiger partial charge is 0.337 e. The predicted molar refractivity (Wildman–Crippen MR) is 58.4 cm³/mol. The fourth-order valence-corrected chi connectivity index (χ4v) is 1.20. The van der Waals surface area contributed by atoms with Gasteiger partial charge in [0.15, 0.2) is 0 Å². The van der Waals surface area contributed by atoms with Crippen molar-refractivity contribution < 1.29 is 4.79 Å². The zero-order valence-electron chi connectivity index (χ0n) is 8.95. The Morgan fingerprint density at radius 3 is 2.53 bits per heavy atom. The second kappa shape index (κ2) is 5.16. The first-order valence-electron chi connectivity index (χ1n) is 4.96. The van der Waals surface area contributed by atoms with E-state index < -0.39 is 6.04 Å². The minimum atomic E-state index is -0.455. The molecule has 1 unspecified atom stereocenters. The lowest BCUT2D eigenvalue weighted by Crippen LogP contribution is -2.31. The van der Waals surface area contributed by atoms with E-state index in [4.69, 9.17) is 5.26 Å². The number of rotatable bonds is 3. The first-order valence-corrected chi connectivity index (χ1v) is 4.96. The van der Waals surface area contributed by atoms with Gasteiger partial charge in [0.2, 0.25) is 0 Å². The molecular weight excluding hydrogens is 188 g/mol. The lowest BCUT2D eigenvalue weighted by molar-refractivity contribution is 0.0948. The summed E-state index contributed by atoms with van der Waals surface area (Å²) in [7, 11) is 0. The van der Waals surface area contributed by atoms with Crippen LogP contribution in [0.3, 0.4) is 0 Å². The van der Waals surface area contributed by atoms with Crippen LogP contribution in [-0.2, 0) is 6.42 Å². The van der Waals surface area contributed by atoms with E-state index in [1.807, 2.05) is 18.2 Å². The number of hydrogen-bond acceptors (Lipinski definition) is 2. The highest BCUT2D eigenvalue weighted by atomic mass is 16.1. The van der Waals surface area contributed by atoms with Gasteiger partial charge in [0.25, 0.3) is 5.91 Å². The van der Waals surface area contributed by atoms with Gasteiger partial charge in [-0.15, -0.1) is 0 Å². The predicted octanol–water partition coefficient (Wildman–Crippen LogP) is 1.89. The van der Waals surface area contributed by atoms with Crippen LogP contribution in [0.15, 0.2) is 24.3 Å². The quantitative estimate of drug-likeness (QED) is 0.813. The van der Waals surface area contributed by atoms with Crippen molar-refractivity contribution in [1.29, 1.82) is 5.26 Å². The molecule has 0 heterocycles. The maximum atomic E-state index is 11.6. The molecule has 3 nitrogen and oxygen atoms in total. The topological polar surface area (TPSA) is 52.9 Å². The Morgan fingerprint density at radius 2 is 2.07 bits per heavy atom. The van der Waals surface area contributed by atoms with E-state index in [2.05, 4.69) is 12.2 Å². The van der Waals surface area contributed by atoms with Crippen molar-refractivity contribution in [3.8, 4) is 6.07 Å². The zero-order valence-corrected chi connectivity index (χ0v) is 8.95. The molecule has 0 aliphatic carbocycles. The van der Waals surface area contributed by atoms with Crippen LogP contribution in [0.2, 0.25) is 0 Å². The van der Waals surface area contributed by atoms with E-state index >= 15 is 0 Å². The third-order valence-electron chi connectivity index (χ3n) is 2.17. The number of nitriles is 1. The van der Waals surface area contributed by atoms with Crippen molar-refractivity contribution in [1.82, 2.24) is 5.32 Å². The molecule has 15 heavy (non-hydrogen) atoms. The maximum Gasteiger partial charge on any atom is 0.252 e. The summed E-state index contributed by atoms with van der Waals surface area (Å²) in [5, 5.41) is 11.1. The number of nitrogens with one attached hydrogen (secondary N) is 1. The van der Waals surface area contributed by atoms with E-state index in [0.29, 0.717) is 5.56 Å². The molecule has 3 heteroatoms. The van der Waals surface area contributed by atoms with Crippen LogP contribution in [-0.4, -0.2) is 11.9 Å². The number of carbonyl (C=O) groups is 1. The first kappa shape index (κ1) is 11.3. The van der Waals surface area contributed by atoms with Gasteiger partial charge in [0.1, 0.15) is 6.04 Å². The summed E-state index contributed by atoms with van der Waals surface area (Å²) < 4.78 is 0. The van der Waals surface area contributed by atoms with Crippen molar-refractivity contribution in [2.75, 3.05) is 0 Å². The summed E-state index contributed by atoms with van der Waals surface area (Å²) >= 11 is 0. The lowest BCUT2D eigenvalue weighted by Gasteiger charge is -2.06. The van der Waals surface area contributed by atoms with Crippen molar-refractivity contribution in [3.05, 3.63) is 35.4 Å². The molecule has 1 atom stereocenters. The van der Waals surface area contributed by atoms with Gasteiger partial charge in [-0.05, 0) is 31.0 Å². The van der Waals surface area contributed by atoms with Crippen molar-refractivity contribution >= 4 is 5.91 Å². The number of amides is 1. The summed E-state index contributed by atoms with van der Waals surface area (Å²) in [4.78, 5) is 11.6. The Kier molecular flexibility index (Phi) is 3.87. The summed E-state index contributed by atoms with van der Waals surface area (Å²) in [6.45, 7) is 3.71. The standard InChI is InChI=1S/C12H14N2O/c1-3-10-4-6-11(7-5-10)12(15)14-9(2)8-13/h4-7,9H,3H2,1-2H3,(H,14,15). The van der Waals surface area contributed by atoms with E-state index in [-0.39, 0.29) is 5.91 Å². The number of carbonyl (C=O) groups excluding carboxylic acids is 1. The zero-order chi connectivity index (χ0) is 11.3. The van der Waals surface area contributed by atoms with Crippen LogP contribution < -0.4 is 5.32 Å². The number of benzene rings is 1. The Morgan fingerprint density at radius 1 is 1.47 bits per heavy atom. The number of nitrogens with zero attached hydrogens (tertiary/aromatic N) is 1. The van der Waals surface area contributed by atoms with Gasteiger partial charge in [-0.3, -0.25) is 4.79 Å². The van der Waals surface area contributed by atoms with Crippen LogP contribution in [0, 0.1) is 11.3 Å². The van der Waals surface area contributed by atoms with Gasteiger partial charge in [-0.2, -0.15) is 5.26 Å². The third kappa shape index (κ3) is 3.10. The molecule has 1 aromatic rings. The molecule has 0 saturated carbocycles. The normalized spacial score (nSPS) is 11.5. The van der Waals surface area contributed by atoms with Crippen molar-refractivity contribution in [3.63, 3.8) is 0 Å². The highest BCUT2D eigenvalue weighted by molar-refractivity contribution is 5.94. The Labute approximate surface area is 89.7 Å². The molecule has 78 valence electrons. The minimum Gasteiger partial charge on any atom is -0.337 e. The molecule has 0 bridgehead atoms. The van der Waals surface area contributed by atoms with Gasteiger partial charge in [0.05, 0.1) is 6.07 Å². The monoisotopic (exact) mass is 202 g/mol. The Bertz CT molecular complexity index is 376. The molecule has 0 fully saturated rings. The first-order chi connectivity index (χ1) is 7.17. The molecule has 0 aliphatic heterocycles. The van der Waals surface area contributed by atoms with E-state index in [1.54, 1.807) is 19.1 Å². The van der Waals surface area contributed by atoms with E-state index in [1.165, 1.54) is 5.56 Å². The molecule has 1 rings (SSSR count). The molecule has 1 N–H and O–H groups in total. The van der Waals surface area contributed by atoms with E-state index in [0.717, 1.165) is 6.42 Å². The molecule has 1 amide bonds. The summed E-state index contributed by atoms with van der Waals surface area (Å²) in [5.74, 6) is -0.202. The summed E-state index contributed by atoms with van der Waals surface area (Å²) in [5.41, 5.74) is 1.79.